The third-order valence-corrected chi connectivity index (χ3v) is 4.52. The van der Waals surface area contributed by atoms with E-state index in [0.29, 0.717) is 0 Å². The van der Waals surface area contributed by atoms with Crippen LogP contribution >= 0.6 is 11.6 Å². The Hall–Kier alpha value is -1.76. The summed E-state index contributed by atoms with van der Waals surface area (Å²) in [4.78, 5) is 25.8. The highest BCUT2D eigenvalue weighted by atomic mass is 35.5. The van der Waals surface area contributed by atoms with Gasteiger partial charge in [-0.2, -0.15) is 13.2 Å². The van der Waals surface area contributed by atoms with Crippen LogP contribution in [-0.2, 0) is 15.8 Å². The summed E-state index contributed by atoms with van der Waals surface area (Å²) in [6.45, 7) is 4.12. The molecule has 0 saturated carbocycles. The van der Waals surface area contributed by atoms with Gasteiger partial charge in [0.1, 0.15) is 0 Å². The van der Waals surface area contributed by atoms with E-state index < -0.39 is 28.6 Å². The van der Waals surface area contributed by atoms with Gasteiger partial charge in [0.2, 0.25) is 11.8 Å². The lowest BCUT2D eigenvalue weighted by Gasteiger charge is -2.23. The number of alkyl halides is 3. The SMILES string of the molecule is CCC(C)N1CC(C(=O)Nc2ccc(Cl)c(C(F)(F)F)c2)CC1=O. The summed E-state index contributed by atoms with van der Waals surface area (Å²) in [6, 6.07) is 3.22. The molecule has 1 aliphatic heterocycles. The first-order valence-corrected chi connectivity index (χ1v) is 7.98. The van der Waals surface area contributed by atoms with Crippen molar-refractivity contribution in [2.45, 2.75) is 38.9 Å². The van der Waals surface area contributed by atoms with Crippen LogP contribution in [0.2, 0.25) is 5.02 Å². The minimum atomic E-state index is -4.60. The molecule has 4 nitrogen and oxygen atoms in total. The number of likely N-dealkylation sites (tertiary alicyclic amines) is 1. The van der Waals surface area contributed by atoms with Crippen LogP contribution in [0.25, 0.3) is 0 Å². The number of rotatable bonds is 4. The molecule has 2 rings (SSSR count). The molecule has 0 spiro atoms. The second-order valence-electron chi connectivity index (χ2n) is 5.89. The van der Waals surface area contributed by atoms with Crippen molar-refractivity contribution in [1.29, 1.82) is 0 Å². The predicted molar refractivity (Wildman–Crippen MR) is 84.7 cm³/mol. The Balaban J connectivity index is 2.10. The Morgan fingerprint density at radius 1 is 1.46 bits per heavy atom. The molecular formula is C16H18ClF3N2O2. The number of hydrogen-bond donors (Lipinski definition) is 1. The normalized spacial score (nSPS) is 19.5. The number of nitrogens with one attached hydrogen (secondary N) is 1. The molecule has 1 aromatic rings. The van der Waals surface area contributed by atoms with Crippen molar-refractivity contribution in [3.63, 3.8) is 0 Å². The van der Waals surface area contributed by atoms with Gasteiger partial charge >= 0.3 is 6.18 Å². The van der Waals surface area contributed by atoms with E-state index in [1.54, 1.807) is 4.90 Å². The molecule has 2 unspecified atom stereocenters. The number of hydrogen-bond acceptors (Lipinski definition) is 2. The molecule has 2 amide bonds. The summed E-state index contributed by atoms with van der Waals surface area (Å²) in [6.07, 6.45) is -3.77. The molecule has 1 fully saturated rings. The van der Waals surface area contributed by atoms with Crippen LogP contribution < -0.4 is 5.32 Å². The summed E-state index contributed by atoms with van der Waals surface area (Å²) in [5, 5.41) is 2.01. The zero-order valence-corrected chi connectivity index (χ0v) is 14.0. The topological polar surface area (TPSA) is 49.4 Å². The summed E-state index contributed by atoms with van der Waals surface area (Å²) in [7, 11) is 0. The quantitative estimate of drug-likeness (QED) is 0.881. The smallest absolute Gasteiger partial charge is 0.339 e. The van der Waals surface area contributed by atoms with Gasteiger partial charge < -0.3 is 10.2 Å². The van der Waals surface area contributed by atoms with E-state index in [4.69, 9.17) is 11.6 Å². The maximum Gasteiger partial charge on any atom is 0.417 e. The second-order valence-corrected chi connectivity index (χ2v) is 6.29. The average Bonchev–Trinajstić information content (AvgIpc) is 2.89. The number of carbonyl (C=O) groups is 2. The average molecular weight is 363 g/mol. The molecule has 8 heteroatoms. The molecule has 2 atom stereocenters. The molecule has 1 heterocycles. The minimum absolute atomic E-state index is 0.00571. The molecule has 1 aliphatic rings. The molecule has 24 heavy (non-hydrogen) atoms. The minimum Gasteiger partial charge on any atom is -0.339 e. The maximum atomic E-state index is 12.8. The third-order valence-electron chi connectivity index (χ3n) is 4.19. The monoisotopic (exact) mass is 362 g/mol. The van der Waals surface area contributed by atoms with Crippen LogP contribution in [0, 0.1) is 5.92 Å². The first-order chi connectivity index (χ1) is 11.1. The van der Waals surface area contributed by atoms with E-state index in [1.165, 1.54) is 6.07 Å². The van der Waals surface area contributed by atoms with Crippen LogP contribution in [-0.4, -0.2) is 29.3 Å². The molecule has 0 radical (unpaired) electrons. The van der Waals surface area contributed by atoms with E-state index in [9.17, 15) is 22.8 Å². The van der Waals surface area contributed by atoms with Crippen LogP contribution in [0.15, 0.2) is 18.2 Å². The van der Waals surface area contributed by atoms with Gasteiger partial charge in [0.25, 0.3) is 0 Å². The van der Waals surface area contributed by atoms with Gasteiger partial charge in [0.15, 0.2) is 0 Å². The fourth-order valence-corrected chi connectivity index (χ4v) is 2.84. The molecule has 132 valence electrons. The van der Waals surface area contributed by atoms with Crippen LogP contribution in [0.5, 0.6) is 0 Å². The van der Waals surface area contributed by atoms with E-state index in [1.807, 2.05) is 13.8 Å². The molecule has 0 aromatic heterocycles. The number of nitrogens with zero attached hydrogens (tertiary/aromatic N) is 1. The number of benzene rings is 1. The third kappa shape index (κ3) is 4.01. The molecule has 0 bridgehead atoms. The number of halogens is 4. The fraction of sp³-hybridized carbons (Fsp3) is 0.500. The number of amides is 2. The van der Waals surface area contributed by atoms with Crippen LogP contribution in [0.4, 0.5) is 18.9 Å². The van der Waals surface area contributed by atoms with Gasteiger partial charge in [-0.1, -0.05) is 18.5 Å². The Labute approximate surface area is 143 Å². The zero-order valence-electron chi connectivity index (χ0n) is 13.3. The van der Waals surface area contributed by atoms with Gasteiger partial charge in [-0.05, 0) is 31.5 Å². The van der Waals surface area contributed by atoms with Crippen molar-refractivity contribution >= 4 is 29.1 Å². The molecular weight excluding hydrogens is 345 g/mol. The number of carbonyl (C=O) groups excluding carboxylic acids is 2. The summed E-state index contributed by atoms with van der Waals surface area (Å²) >= 11 is 5.55. The Morgan fingerprint density at radius 2 is 2.12 bits per heavy atom. The first kappa shape index (κ1) is 18.6. The summed E-state index contributed by atoms with van der Waals surface area (Å²) in [5.41, 5.74) is -1.00. The first-order valence-electron chi connectivity index (χ1n) is 7.60. The van der Waals surface area contributed by atoms with E-state index in [2.05, 4.69) is 5.32 Å². The highest BCUT2D eigenvalue weighted by molar-refractivity contribution is 6.31. The van der Waals surface area contributed by atoms with E-state index >= 15 is 0 Å². The predicted octanol–water partition coefficient (Wildman–Crippen LogP) is 3.94. The Bertz CT molecular complexity index is 649. The van der Waals surface area contributed by atoms with Crippen molar-refractivity contribution in [1.82, 2.24) is 4.90 Å². The van der Waals surface area contributed by atoms with Crippen LogP contribution in [0.3, 0.4) is 0 Å². The zero-order chi connectivity index (χ0) is 18.1. The molecule has 1 saturated heterocycles. The molecule has 1 aromatic carbocycles. The van der Waals surface area contributed by atoms with Crippen molar-refractivity contribution in [3.8, 4) is 0 Å². The van der Waals surface area contributed by atoms with Crippen molar-refractivity contribution in [2.24, 2.45) is 5.92 Å². The van der Waals surface area contributed by atoms with E-state index in [-0.39, 0.29) is 30.6 Å². The summed E-state index contributed by atoms with van der Waals surface area (Å²) in [5.74, 6) is -1.15. The Kier molecular flexibility index (Phi) is 5.42. The van der Waals surface area contributed by atoms with Gasteiger partial charge in [-0.25, -0.2) is 0 Å². The highest BCUT2D eigenvalue weighted by Crippen LogP contribution is 2.36. The van der Waals surface area contributed by atoms with Gasteiger partial charge in [0.05, 0.1) is 16.5 Å². The van der Waals surface area contributed by atoms with E-state index in [0.717, 1.165) is 18.6 Å². The van der Waals surface area contributed by atoms with Crippen LogP contribution in [0.1, 0.15) is 32.3 Å². The van der Waals surface area contributed by atoms with Gasteiger partial charge in [0, 0.05) is 24.7 Å². The second kappa shape index (κ2) is 7.01. The highest BCUT2D eigenvalue weighted by Gasteiger charge is 2.37. The van der Waals surface area contributed by atoms with Crippen molar-refractivity contribution in [3.05, 3.63) is 28.8 Å². The largest absolute Gasteiger partial charge is 0.417 e. The van der Waals surface area contributed by atoms with Crippen molar-refractivity contribution < 1.29 is 22.8 Å². The van der Waals surface area contributed by atoms with Crippen molar-refractivity contribution in [2.75, 3.05) is 11.9 Å². The maximum absolute atomic E-state index is 12.8. The summed E-state index contributed by atoms with van der Waals surface area (Å²) < 4.78 is 38.5. The fourth-order valence-electron chi connectivity index (χ4n) is 2.62. The lowest BCUT2D eigenvalue weighted by Crippen LogP contribution is -2.35. The lowest BCUT2D eigenvalue weighted by atomic mass is 10.1. The molecule has 0 aliphatic carbocycles. The Morgan fingerprint density at radius 3 is 2.71 bits per heavy atom. The lowest BCUT2D eigenvalue weighted by molar-refractivity contribution is -0.137. The van der Waals surface area contributed by atoms with Gasteiger partial charge in [-0.15, -0.1) is 0 Å². The van der Waals surface area contributed by atoms with Gasteiger partial charge in [-0.3, -0.25) is 9.59 Å². The standard InChI is InChI=1S/C16H18ClF3N2O2/c1-3-9(2)22-8-10(6-14(22)23)15(24)21-11-4-5-13(17)12(7-11)16(18,19)20/h4-5,7,9-10H,3,6,8H2,1-2H3,(H,21,24). The number of anilines is 1. The molecule has 1 N–H and O–H groups in total.